The van der Waals surface area contributed by atoms with Crippen molar-refractivity contribution in [3.63, 3.8) is 0 Å². The number of benzene rings is 1. The van der Waals surface area contributed by atoms with Crippen molar-refractivity contribution >= 4 is 41.0 Å². The molecule has 1 aliphatic heterocycles. The molecule has 0 saturated heterocycles. The second-order valence-corrected chi connectivity index (χ2v) is 7.94. The predicted molar refractivity (Wildman–Crippen MR) is 120 cm³/mol. The number of H-pyrrole nitrogens is 1. The van der Waals surface area contributed by atoms with E-state index in [0.717, 1.165) is 0 Å². The zero-order chi connectivity index (χ0) is 24.2. The van der Waals surface area contributed by atoms with E-state index in [2.05, 4.69) is 31.2 Å². The summed E-state index contributed by atoms with van der Waals surface area (Å²) in [6.45, 7) is 2.80. The van der Waals surface area contributed by atoms with E-state index >= 15 is 0 Å². The van der Waals surface area contributed by atoms with Gasteiger partial charge in [-0.2, -0.15) is 4.98 Å². The summed E-state index contributed by atoms with van der Waals surface area (Å²) in [5, 5.41) is 29.7. The van der Waals surface area contributed by atoms with Gasteiger partial charge in [-0.1, -0.05) is 0 Å². The summed E-state index contributed by atoms with van der Waals surface area (Å²) in [6.07, 6.45) is -0.592. The van der Waals surface area contributed by atoms with E-state index in [1.54, 1.807) is 12.1 Å². The molecule has 13 heteroatoms. The number of rotatable bonds is 9. The van der Waals surface area contributed by atoms with Gasteiger partial charge in [-0.25, -0.2) is 4.79 Å². The average Bonchev–Trinajstić information content (AvgIpc) is 2.76. The SMILES string of the molecule is C[C@]1(CNc2ccc(C(=O)N[C@@H](CCC(=O)O)C(=O)O)cc2)CNc2nc(N)[nH]c(=O)c2N1. The van der Waals surface area contributed by atoms with Crippen molar-refractivity contribution in [3.05, 3.63) is 40.2 Å². The third kappa shape index (κ3) is 5.90. The first-order valence-corrected chi connectivity index (χ1v) is 10.1. The molecule has 0 radical (unpaired) electrons. The first-order valence-electron chi connectivity index (χ1n) is 10.1. The first-order chi connectivity index (χ1) is 15.6. The number of carboxylic acid groups (broad SMARTS) is 2. The molecule has 0 spiro atoms. The van der Waals surface area contributed by atoms with E-state index in [0.29, 0.717) is 30.3 Å². The maximum absolute atomic E-state index is 12.3. The summed E-state index contributed by atoms with van der Waals surface area (Å²) in [4.78, 5) is 52.9. The Morgan fingerprint density at radius 3 is 2.58 bits per heavy atom. The number of amides is 1. The fraction of sp³-hybridized carbons (Fsp3) is 0.350. The van der Waals surface area contributed by atoms with Crippen LogP contribution in [0.2, 0.25) is 0 Å². The highest BCUT2D eigenvalue weighted by atomic mass is 16.4. The molecule has 0 fully saturated rings. The number of anilines is 4. The lowest BCUT2D eigenvalue weighted by Gasteiger charge is -2.37. The van der Waals surface area contributed by atoms with Gasteiger partial charge in [0.15, 0.2) is 5.82 Å². The smallest absolute Gasteiger partial charge is 0.326 e. The fourth-order valence-electron chi connectivity index (χ4n) is 3.27. The maximum atomic E-state index is 12.3. The molecule has 1 aromatic carbocycles. The minimum atomic E-state index is -1.30. The fourth-order valence-corrected chi connectivity index (χ4v) is 3.27. The number of hydrogen-bond donors (Lipinski definition) is 8. The van der Waals surface area contributed by atoms with Crippen molar-refractivity contribution in [3.8, 4) is 0 Å². The molecule has 0 bridgehead atoms. The van der Waals surface area contributed by atoms with Gasteiger partial charge in [-0.3, -0.25) is 19.4 Å². The minimum absolute atomic E-state index is 0.0236. The summed E-state index contributed by atoms with van der Waals surface area (Å²) in [5.41, 5.74) is 5.87. The molecule has 2 atom stereocenters. The summed E-state index contributed by atoms with van der Waals surface area (Å²) in [5.74, 6) is -2.66. The Bertz CT molecular complexity index is 1120. The molecule has 1 amide bonds. The van der Waals surface area contributed by atoms with E-state index in [1.807, 2.05) is 6.92 Å². The van der Waals surface area contributed by atoms with Crippen LogP contribution in [0.1, 0.15) is 30.1 Å². The van der Waals surface area contributed by atoms with Crippen LogP contribution in [0.4, 0.5) is 23.1 Å². The molecule has 1 aliphatic rings. The van der Waals surface area contributed by atoms with Crippen LogP contribution in [0, 0.1) is 0 Å². The van der Waals surface area contributed by atoms with Gasteiger partial charge < -0.3 is 37.2 Å². The van der Waals surface area contributed by atoms with Crippen LogP contribution in [0.5, 0.6) is 0 Å². The van der Waals surface area contributed by atoms with Crippen LogP contribution in [-0.2, 0) is 9.59 Å². The Labute approximate surface area is 187 Å². The van der Waals surface area contributed by atoms with Gasteiger partial charge in [0.1, 0.15) is 11.7 Å². The van der Waals surface area contributed by atoms with E-state index in [1.165, 1.54) is 12.1 Å². The summed E-state index contributed by atoms with van der Waals surface area (Å²) < 4.78 is 0. The number of carbonyl (C=O) groups is 3. The lowest BCUT2D eigenvalue weighted by atomic mass is 9.99. The molecule has 2 heterocycles. The van der Waals surface area contributed by atoms with Gasteiger partial charge in [0, 0.05) is 30.8 Å². The zero-order valence-electron chi connectivity index (χ0n) is 17.8. The van der Waals surface area contributed by atoms with Gasteiger partial charge >= 0.3 is 11.9 Å². The number of nitrogens with zero attached hydrogens (tertiary/aromatic N) is 1. The first kappa shape index (κ1) is 23.4. The highest BCUT2D eigenvalue weighted by Gasteiger charge is 2.31. The zero-order valence-corrected chi connectivity index (χ0v) is 17.8. The third-order valence-electron chi connectivity index (χ3n) is 5.09. The van der Waals surface area contributed by atoms with E-state index in [9.17, 15) is 24.3 Å². The number of nitrogen functional groups attached to an aromatic ring is 1. The molecule has 176 valence electrons. The molecule has 9 N–H and O–H groups in total. The minimum Gasteiger partial charge on any atom is -0.481 e. The van der Waals surface area contributed by atoms with Crippen molar-refractivity contribution < 1.29 is 24.6 Å². The van der Waals surface area contributed by atoms with Crippen molar-refractivity contribution in [2.24, 2.45) is 0 Å². The number of carbonyl (C=O) groups excluding carboxylic acids is 1. The second kappa shape index (κ2) is 9.46. The van der Waals surface area contributed by atoms with Crippen molar-refractivity contribution in [1.29, 1.82) is 0 Å². The monoisotopic (exact) mass is 459 g/mol. The number of nitrogens with two attached hydrogens (primary N) is 1. The Hall–Kier alpha value is -4.29. The van der Waals surface area contributed by atoms with Crippen LogP contribution < -0.4 is 32.6 Å². The van der Waals surface area contributed by atoms with Crippen LogP contribution in [0.25, 0.3) is 0 Å². The maximum Gasteiger partial charge on any atom is 0.326 e. The summed E-state index contributed by atoms with van der Waals surface area (Å²) in [7, 11) is 0. The topological polar surface area (TPSA) is 212 Å². The molecule has 1 aromatic heterocycles. The van der Waals surface area contributed by atoms with Crippen LogP contribution in [0.3, 0.4) is 0 Å². The molecular weight excluding hydrogens is 434 g/mol. The molecule has 0 aliphatic carbocycles. The highest BCUT2D eigenvalue weighted by molar-refractivity contribution is 5.97. The Kier molecular flexibility index (Phi) is 6.70. The molecule has 3 rings (SSSR count). The van der Waals surface area contributed by atoms with Crippen molar-refractivity contribution in [2.75, 3.05) is 34.8 Å². The Balaban J connectivity index is 1.59. The van der Waals surface area contributed by atoms with Crippen LogP contribution in [-0.4, -0.2) is 62.7 Å². The number of fused-ring (bicyclic) bond motifs is 1. The van der Waals surface area contributed by atoms with Crippen molar-refractivity contribution in [1.82, 2.24) is 15.3 Å². The highest BCUT2D eigenvalue weighted by Crippen LogP contribution is 2.25. The van der Waals surface area contributed by atoms with E-state index < -0.39 is 29.4 Å². The quantitative estimate of drug-likeness (QED) is 0.252. The lowest BCUT2D eigenvalue weighted by Crippen LogP contribution is -2.52. The van der Waals surface area contributed by atoms with Gasteiger partial charge in [0.25, 0.3) is 11.5 Å². The lowest BCUT2D eigenvalue weighted by molar-refractivity contribution is -0.140. The van der Waals surface area contributed by atoms with Gasteiger partial charge in [-0.15, -0.1) is 0 Å². The van der Waals surface area contributed by atoms with E-state index in [4.69, 9.17) is 10.8 Å². The van der Waals surface area contributed by atoms with Crippen LogP contribution in [0.15, 0.2) is 29.1 Å². The summed E-state index contributed by atoms with van der Waals surface area (Å²) in [6, 6.07) is 5.06. The number of nitrogens with one attached hydrogen (secondary N) is 5. The average molecular weight is 459 g/mol. The number of carboxylic acids is 2. The van der Waals surface area contributed by atoms with Gasteiger partial charge in [0.05, 0.1) is 5.54 Å². The molecule has 0 saturated carbocycles. The largest absolute Gasteiger partial charge is 0.481 e. The number of aromatic amines is 1. The molecular formula is C20H25N7O6. The second-order valence-electron chi connectivity index (χ2n) is 7.94. The Morgan fingerprint density at radius 1 is 1.24 bits per heavy atom. The normalized spacial score (nSPS) is 17.6. The molecule has 33 heavy (non-hydrogen) atoms. The molecule has 0 unspecified atom stereocenters. The van der Waals surface area contributed by atoms with E-state index in [-0.39, 0.29) is 29.9 Å². The predicted octanol–water partition coefficient (Wildman–Crippen LogP) is 0.108. The third-order valence-corrected chi connectivity index (χ3v) is 5.09. The standard InChI is InChI=1S/C20H25N7O6/c1-20(9-23-15-14(27-20)17(31)26-19(21)25-15)8-22-11-4-2-10(3-5-11)16(30)24-12(18(32)33)6-7-13(28)29/h2-5,12,22,27H,6-9H2,1H3,(H,24,30)(H,28,29)(H,32,33)(H4,21,23,25,26,31)/t12-,20-/m0/s1. The molecule has 13 nitrogen and oxygen atoms in total. The number of aliphatic carboxylic acids is 2. The van der Waals surface area contributed by atoms with Gasteiger partial charge in [-0.05, 0) is 37.6 Å². The van der Waals surface area contributed by atoms with Crippen LogP contribution >= 0.6 is 0 Å². The molecule has 2 aromatic rings. The summed E-state index contributed by atoms with van der Waals surface area (Å²) >= 11 is 0. The number of hydrogen-bond acceptors (Lipinski definition) is 9. The Morgan fingerprint density at radius 2 is 1.94 bits per heavy atom. The number of aromatic nitrogens is 2. The van der Waals surface area contributed by atoms with Crippen molar-refractivity contribution in [2.45, 2.75) is 31.3 Å². The van der Waals surface area contributed by atoms with Gasteiger partial charge in [0.2, 0.25) is 5.95 Å².